The van der Waals surface area contributed by atoms with E-state index in [-0.39, 0.29) is 1.43 Å². The normalized spacial score (nSPS) is 19.1. The fraction of sp³-hybridized carbons (Fsp3) is 0.500. The molecule has 1 aromatic carbocycles. The van der Waals surface area contributed by atoms with Crippen LogP contribution in [0.2, 0.25) is 0 Å². The Hall–Kier alpha value is -0.780. The molecular formula is C12H18. The number of hydrogen-bond acceptors (Lipinski definition) is 0. The minimum atomic E-state index is 0. The molecule has 1 saturated carbocycles. The summed E-state index contributed by atoms with van der Waals surface area (Å²) < 4.78 is 0. The van der Waals surface area contributed by atoms with Gasteiger partial charge in [0, 0.05) is 1.43 Å². The molecule has 0 nitrogen and oxygen atoms in total. The minimum absolute atomic E-state index is 0. The summed E-state index contributed by atoms with van der Waals surface area (Å²) in [5.74, 6) is 1.84. The van der Waals surface area contributed by atoms with E-state index < -0.39 is 0 Å². The standard InChI is InChI=1S/C12H16.H2/c1-2-12(11-8-9-11)10-6-4-3-5-7-10;/h3-7,11-12H,2,8-9H2,1H3;1H. The summed E-state index contributed by atoms with van der Waals surface area (Å²) in [6.45, 7) is 2.30. The van der Waals surface area contributed by atoms with Gasteiger partial charge in [-0.25, -0.2) is 0 Å². The second-order valence-corrected chi connectivity index (χ2v) is 3.76. The third-order valence-electron chi connectivity index (χ3n) is 2.86. The molecule has 1 aromatic rings. The van der Waals surface area contributed by atoms with E-state index in [1.165, 1.54) is 19.3 Å². The summed E-state index contributed by atoms with van der Waals surface area (Å²) in [7, 11) is 0. The van der Waals surface area contributed by atoms with Gasteiger partial charge in [-0.2, -0.15) is 0 Å². The smallest absolute Gasteiger partial charge is 0 e. The molecule has 1 aliphatic rings. The first kappa shape index (κ1) is 7.85. The van der Waals surface area contributed by atoms with Gasteiger partial charge in [-0.15, -0.1) is 0 Å². The van der Waals surface area contributed by atoms with Crippen LogP contribution in [0.4, 0.5) is 0 Å². The second-order valence-electron chi connectivity index (χ2n) is 3.76. The van der Waals surface area contributed by atoms with Crippen LogP contribution in [0, 0.1) is 5.92 Å². The van der Waals surface area contributed by atoms with Crippen LogP contribution in [-0.2, 0) is 0 Å². The van der Waals surface area contributed by atoms with Crippen molar-refractivity contribution in [2.75, 3.05) is 0 Å². The Morgan fingerprint density at radius 3 is 2.50 bits per heavy atom. The van der Waals surface area contributed by atoms with E-state index in [9.17, 15) is 0 Å². The highest BCUT2D eigenvalue weighted by atomic mass is 14.3. The predicted molar refractivity (Wildman–Crippen MR) is 54.3 cm³/mol. The van der Waals surface area contributed by atoms with Crippen LogP contribution in [0.25, 0.3) is 0 Å². The number of benzene rings is 1. The Balaban J connectivity index is 0.000000845. The first-order valence-electron chi connectivity index (χ1n) is 4.96. The third-order valence-corrected chi connectivity index (χ3v) is 2.86. The fourth-order valence-corrected chi connectivity index (χ4v) is 2.04. The Bertz CT molecular complexity index is 239. The molecule has 0 aromatic heterocycles. The van der Waals surface area contributed by atoms with Crippen molar-refractivity contribution in [3.63, 3.8) is 0 Å². The van der Waals surface area contributed by atoms with E-state index in [1.54, 1.807) is 5.56 Å². The Morgan fingerprint density at radius 2 is 2.00 bits per heavy atom. The van der Waals surface area contributed by atoms with Gasteiger partial charge in [-0.1, -0.05) is 37.3 Å². The topological polar surface area (TPSA) is 0 Å². The molecule has 0 amide bonds. The predicted octanol–water partition coefficient (Wildman–Crippen LogP) is 3.84. The lowest BCUT2D eigenvalue weighted by atomic mass is 9.92. The molecule has 1 atom stereocenters. The maximum Gasteiger partial charge on any atom is 0 e. The van der Waals surface area contributed by atoms with Crippen LogP contribution in [0.15, 0.2) is 30.3 Å². The molecule has 1 unspecified atom stereocenters. The molecule has 0 heteroatoms. The zero-order valence-corrected chi connectivity index (χ0v) is 7.66. The van der Waals surface area contributed by atoms with Gasteiger partial charge in [0.15, 0.2) is 0 Å². The van der Waals surface area contributed by atoms with Gasteiger partial charge in [0.1, 0.15) is 0 Å². The van der Waals surface area contributed by atoms with E-state index in [1.807, 2.05) is 0 Å². The van der Waals surface area contributed by atoms with Gasteiger partial charge in [-0.05, 0) is 36.7 Å². The highest BCUT2D eigenvalue weighted by Crippen LogP contribution is 2.44. The molecule has 2 rings (SSSR count). The molecule has 1 fully saturated rings. The van der Waals surface area contributed by atoms with Crippen molar-refractivity contribution in [2.45, 2.75) is 32.1 Å². The Morgan fingerprint density at radius 1 is 1.33 bits per heavy atom. The van der Waals surface area contributed by atoms with Crippen molar-refractivity contribution < 1.29 is 1.43 Å². The third kappa shape index (κ3) is 1.52. The van der Waals surface area contributed by atoms with Crippen LogP contribution < -0.4 is 0 Å². The Kier molecular flexibility index (Phi) is 2.16. The molecular weight excluding hydrogens is 144 g/mol. The maximum absolute atomic E-state index is 2.30. The lowest BCUT2D eigenvalue weighted by Crippen LogP contribution is -1.98. The molecule has 0 aliphatic heterocycles. The van der Waals surface area contributed by atoms with Crippen molar-refractivity contribution in [1.29, 1.82) is 0 Å². The first-order valence-corrected chi connectivity index (χ1v) is 4.96. The van der Waals surface area contributed by atoms with Crippen LogP contribution >= 0.6 is 0 Å². The maximum atomic E-state index is 2.30. The van der Waals surface area contributed by atoms with Crippen LogP contribution in [0.3, 0.4) is 0 Å². The summed E-state index contributed by atoms with van der Waals surface area (Å²) in [4.78, 5) is 0. The second kappa shape index (κ2) is 3.30. The molecule has 0 saturated heterocycles. The van der Waals surface area contributed by atoms with E-state index in [2.05, 4.69) is 37.3 Å². The van der Waals surface area contributed by atoms with Crippen molar-refractivity contribution in [3.05, 3.63) is 35.9 Å². The van der Waals surface area contributed by atoms with Gasteiger partial charge >= 0.3 is 0 Å². The van der Waals surface area contributed by atoms with E-state index in [0.717, 1.165) is 11.8 Å². The largest absolute Gasteiger partial charge is 0.0648 e. The van der Waals surface area contributed by atoms with Gasteiger partial charge < -0.3 is 0 Å². The van der Waals surface area contributed by atoms with Crippen LogP contribution in [-0.4, -0.2) is 0 Å². The zero-order valence-electron chi connectivity index (χ0n) is 7.66. The molecule has 12 heavy (non-hydrogen) atoms. The van der Waals surface area contributed by atoms with Gasteiger partial charge in [-0.3, -0.25) is 0 Å². The minimum Gasteiger partial charge on any atom is -0.0648 e. The van der Waals surface area contributed by atoms with E-state index in [0.29, 0.717) is 0 Å². The molecule has 66 valence electrons. The summed E-state index contributed by atoms with van der Waals surface area (Å²) in [6, 6.07) is 10.9. The first-order chi connectivity index (χ1) is 5.92. The van der Waals surface area contributed by atoms with Gasteiger partial charge in [0.05, 0.1) is 0 Å². The van der Waals surface area contributed by atoms with Crippen LogP contribution in [0.1, 0.15) is 39.1 Å². The van der Waals surface area contributed by atoms with Crippen molar-refractivity contribution in [2.24, 2.45) is 5.92 Å². The Labute approximate surface area is 76.1 Å². The number of hydrogen-bond donors (Lipinski definition) is 0. The molecule has 0 N–H and O–H groups in total. The lowest BCUT2D eigenvalue weighted by Gasteiger charge is -2.13. The van der Waals surface area contributed by atoms with Gasteiger partial charge in [0.25, 0.3) is 0 Å². The SMILES string of the molecule is CCC(c1ccccc1)C1CC1.[HH]. The molecule has 1 aliphatic carbocycles. The van der Waals surface area contributed by atoms with Crippen molar-refractivity contribution in [3.8, 4) is 0 Å². The lowest BCUT2D eigenvalue weighted by molar-refractivity contribution is 0.587. The summed E-state index contributed by atoms with van der Waals surface area (Å²) >= 11 is 0. The molecule has 0 spiro atoms. The molecule has 0 radical (unpaired) electrons. The van der Waals surface area contributed by atoms with Gasteiger partial charge in [0.2, 0.25) is 0 Å². The quantitative estimate of drug-likeness (QED) is 0.633. The summed E-state index contributed by atoms with van der Waals surface area (Å²) in [5, 5.41) is 0. The average molecular weight is 162 g/mol. The molecule has 0 heterocycles. The zero-order chi connectivity index (χ0) is 8.39. The summed E-state index contributed by atoms with van der Waals surface area (Å²) in [5.41, 5.74) is 1.54. The highest BCUT2D eigenvalue weighted by molar-refractivity contribution is 5.21. The van der Waals surface area contributed by atoms with E-state index in [4.69, 9.17) is 0 Å². The molecule has 0 bridgehead atoms. The van der Waals surface area contributed by atoms with Crippen molar-refractivity contribution in [1.82, 2.24) is 0 Å². The number of rotatable bonds is 3. The van der Waals surface area contributed by atoms with E-state index >= 15 is 0 Å². The van der Waals surface area contributed by atoms with Crippen LogP contribution in [0.5, 0.6) is 0 Å². The average Bonchev–Trinajstić information content (AvgIpc) is 2.92. The fourth-order valence-electron chi connectivity index (χ4n) is 2.04. The monoisotopic (exact) mass is 162 g/mol. The summed E-state index contributed by atoms with van der Waals surface area (Å²) in [6.07, 6.45) is 4.20. The highest BCUT2D eigenvalue weighted by Gasteiger charge is 2.30. The van der Waals surface area contributed by atoms with Crippen molar-refractivity contribution >= 4 is 0 Å².